The fraction of sp³-hybridized carbons (Fsp3) is 0.156. The van der Waals surface area contributed by atoms with Crippen LogP contribution in [-0.2, 0) is 24.2 Å². The molecule has 40 heavy (non-hydrogen) atoms. The molecular formula is C32H26Cl2N4O2. The number of aromatic amines is 1. The topological polar surface area (TPSA) is 82.0 Å². The third kappa shape index (κ3) is 5.96. The Morgan fingerprint density at radius 1 is 1.00 bits per heavy atom. The van der Waals surface area contributed by atoms with Crippen LogP contribution in [0.25, 0.3) is 10.9 Å². The highest BCUT2D eigenvalue weighted by molar-refractivity contribution is 6.38. The van der Waals surface area contributed by atoms with E-state index in [1.165, 1.54) is 4.90 Å². The minimum absolute atomic E-state index is 0.123. The summed E-state index contributed by atoms with van der Waals surface area (Å²) in [6, 6.07) is 26.6. The summed E-state index contributed by atoms with van der Waals surface area (Å²) < 4.78 is 6.12. The lowest BCUT2D eigenvalue weighted by atomic mass is 10.1. The molecule has 0 radical (unpaired) electrons. The first-order valence-corrected chi connectivity index (χ1v) is 13.5. The van der Waals surface area contributed by atoms with Gasteiger partial charge in [0.05, 0.1) is 28.8 Å². The summed E-state index contributed by atoms with van der Waals surface area (Å²) in [5.74, 6) is 0.503. The van der Waals surface area contributed by atoms with Crippen molar-refractivity contribution >= 4 is 45.7 Å². The number of nitrogens with one attached hydrogen (secondary N) is 1. The zero-order valence-electron chi connectivity index (χ0n) is 22.0. The Labute approximate surface area is 242 Å². The number of carbonyl (C=O) groups excluding carboxylic acids is 1. The van der Waals surface area contributed by atoms with Gasteiger partial charge < -0.3 is 14.6 Å². The maximum Gasteiger partial charge on any atom is 0.232 e. The van der Waals surface area contributed by atoms with E-state index in [-0.39, 0.29) is 18.9 Å². The summed E-state index contributed by atoms with van der Waals surface area (Å²) in [6.07, 6.45) is 0.851. The van der Waals surface area contributed by atoms with E-state index >= 15 is 0 Å². The molecule has 2 aromatic heterocycles. The van der Waals surface area contributed by atoms with Crippen molar-refractivity contribution in [2.75, 3.05) is 11.9 Å². The number of nitriles is 1. The van der Waals surface area contributed by atoms with Crippen LogP contribution in [0.3, 0.4) is 0 Å². The molecule has 1 amide bonds. The highest BCUT2D eigenvalue weighted by atomic mass is 35.5. The van der Waals surface area contributed by atoms with Crippen LogP contribution in [-0.4, -0.2) is 22.9 Å². The van der Waals surface area contributed by atoms with Gasteiger partial charge in [-0.2, -0.15) is 5.26 Å². The van der Waals surface area contributed by atoms with E-state index in [4.69, 9.17) is 33.2 Å². The Morgan fingerprint density at radius 2 is 1.77 bits per heavy atom. The van der Waals surface area contributed by atoms with Gasteiger partial charge in [-0.1, -0.05) is 53.5 Å². The fourth-order valence-electron chi connectivity index (χ4n) is 4.49. The van der Waals surface area contributed by atoms with Crippen molar-refractivity contribution in [3.8, 4) is 11.8 Å². The number of hydrogen-bond acceptors (Lipinski definition) is 4. The van der Waals surface area contributed by atoms with Gasteiger partial charge in [0.25, 0.3) is 0 Å². The predicted molar refractivity (Wildman–Crippen MR) is 159 cm³/mol. The van der Waals surface area contributed by atoms with E-state index in [9.17, 15) is 4.79 Å². The molecule has 0 aliphatic heterocycles. The predicted octanol–water partition coefficient (Wildman–Crippen LogP) is 7.43. The Balaban J connectivity index is 1.28. The summed E-state index contributed by atoms with van der Waals surface area (Å²) >= 11 is 13.3. The van der Waals surface area contributed by atoms with E-state index in [2.05, 4.69) is 16.0 Å². The average molecular weight is 569 g/mol. The number of benzene rings is 3. The van der Waals surface area contributed by atoms with Crippen molar-refractivity contribution in [2.45, 2.75) is 26.4 Å². The van der Waals surface area contributed by atoms with Gasteiger partial charge in [0.2, 0.25) is 5.91 Å². The number of carbonyl (C=O) groups is 1. The summed E-state index contributed by atoms with van der Waals surface area (Å²) in [5, 5.41) is 10.8. The molecule has 2 heterocycles. The van der Waals surface area contributed by atoms with Gasteiger partial charge >= 0.3 is 0 Å². The number of ether oxygens (including phenoxy) is 1. The van der Waals surface area contributed by atoms with E-state index in [0.29, 0.717) is 39.0 Å². The van der Waals surface area contributed by atoms with Gasteiger partial charge in [-0.15, -0.1) is 0 Å². The Morgan fingerprint density at radius 3 is 2.55 bits per heavy atom. The number of aromatic nitrogens is 2. The molecule has 0 saturated carbocycles. The zero-order valence-corrected chi connectivity index (χ0v) is 23.6. The van der Waals surface area contributed by atoms with Gasteiger partial charge in [0.15, 0.2) is 0 Å². The number of para-hydroxylation sites is 1. The number of aryl methyl sites for hydroxylation is 1. The maximum atomic E-state index is 13.2. The lowest BCUT2D eigenvalue weighted by Gasteiger charge is -2.21. The monoisotopic (exact) mass is 568 g/mol. The van der Waals surface area contributed by atoms with Gasteiger partial charge in [0.1, 0.15) is 17.9 Å². The molecule has 0 unspecified atom stereocenters. The van der Waals surface area contributed by atoms with Crippen molar-refractivity contribution in [3.05, 3.63) is 123 Å². The molecule has 0 aliphatic carbocycles. The minimum atomic E-state index is -0.128. The first-order chi connectivity index (χ1) is 19.3. The quantitative estimate of drug-likeness (QED) is 0.211. The highest BCUT2D eigenvalue weighted by Crippen LogP contribution is 2.35. The number of rotatable bonds is 8. The number of hydrogen-bond donors (Lipinski definition) is 1. The second-order valence-corrected chi connectivity index (χ2v) is 10.3. The number of nitrogens with zero attached hydrogens (tertiary/aromatic N) is 3. The van der Waals surface area contributed by atoms with E-state index in [0.717, 1.165) is 33.5 Å². The first-order valence-electron chi connectivity index (χ1n) is 12.7. The molecule has 8 heteroatoms. The van der Waals surface area contributed by atoms with E-state index < -0.39 is 0 Å². The van der Waals surface area contributed by atoms with Crippen molar-refractivity contribution in [3.63, 3.8) is 0 Å². The van der Waals surface area contributed by atoms with Crippen LogP contribution in [0.15, 0.2) is 78.9 Å². The van der Waals surface area contributed by atoms with Crippen LogP contribution in [0, 0.1) is 18.3 Å². The molecule has 6 nitrogen and oxygen atoms in total. The molecule has 0 fully saturated rings. The highest BCUT2D eigenvalue weighted by Gasteiger charge is 2.20. The third-order valence-corrected chi connectivity index (χ3v) is 7.50. The molecule has 3 aromatic carbocycles. The van der Waals surface area contributed by atoms with Crippen LogP contribution in [0.1, 0.15) is 33.8 Å². The summed E-state index contributed by atoms with van der Waals surface area (Å²) in [7, 11) is 1.69. The lowest BCUT2D eigenvalue weighted by Crippen LogP contribution is -2.28. The number of fused-ring (bicyclic) bond motifs is 1. The molecule has 5 aromatic rings. The summed E-state index contributed by atoms with van der Waals surface area (Å²) in [5.41, 5.74) is 6.28. The summed E-state index contributed by atoms with van der Waals surface area (Å²) in [4.78, 5) is 22.7. The average Bonchev–Trinajstić information content (AvgIpc) is 3.39. The largest absolute Gasteiger partial charge is 0.487 e. The molecular weight excluding hydrogens is 543 g/mol. The van der Waals surface area contributed by atoms with Crippen LogP contribution in [0.2, 0.25) is 10.0 Å². The molecule has 200 valence electrons. The number of pyridine rings is 1. The third-order valence-electron chi connectivity index (χ3n) is 6.72. The Bertz CT molecular complexity index is 1740. The van der Waals surface area contributed by atoms with E-state index in [1.807, 2.05) is 61.5 Å². The fourth-order valence-corrected chi connectivity index (χ4v) is 5.10. The smallest absolute Gasteiger partial charge is 0.232 e. The summed E-state index contributed by atoms with van der Waals surface area (Å²) in [6.45, 7) is 2.06. The second-order valence-electron chi connectivity index (χ2n) is 9.55. The first kappa shape index (κ1) is 27.3. The van der Waals surface area contributed by atoms with Crippen molar-refractivity contribution in [2.24, 2.45) is 0 Å². The number of halogens is 2. The number of likely N-dealkylation sites (N-methyl/N-ethyl adjacent to an activating group) is 1. The normalized spacial score (nSPS) is 10.9. The van der Waals surface area contributed by atoms with Crippen LogP contribution in [0.4, 0.5) is 5.69 Å². The van der Waals surface area contributed by atoms with Crippen LogP contribution in [0.5, 0.6) is 5.75 Å². The standard InChI is InChI=1S/C32H26Cl2N4O2/c1-20-6-11-23-4-3-5-29(32(23)36-20)40-19-26-27(33)14-15-28(31(26)34)38(2)30(39)17-25-13-12-24(37-25)16-21-7-9-22(18-35)10-8-21/h3-15,37H,16-17,19H2,1-2H3. The molecule has 0 spiro atoms. The molecule has 0 bridgehead atoms. The van der Waals surface area contributed by atoms with Gasteiger partial charge in [-0.05, 0) is 61.0 Å². The molecule has 5 rings (SSSR count). The van der Waals surface area contributed by atoms with Crippen LogP contribution < -0.4 is 9.64 Å². The zero-order chi connectivity index (χ0) is 28.2. The maximum absolute atomic E-state index is 13.2. The van der Waals surface area contributed by atoms with Gasteiger partial charge in [0, 0.05) is 46.5 Å². The van der Waals surface area contributed by atoms with Crippen molar-refractivity contribution in [1.82, 2.24) is 9.97 Å². The number of H-pyrrole nitrogens is 1. The Hall–Kier alpha value is -4.31. The van der Waals surface area contributed by atoms with Gasteiger partial charge in [-0.3, -0.25) is 4.79 Å². The number of anilines is 1. The minimum Gasteiger partial charge on any atom is -0.487 e. The van der Waals surface area contributed by atoms with Gasteiger partial charge in [-0.25, -0.2) is 4.98 Å². The molecule has 1 N–H and O–H groups in total. The number of amides is 1. The SMILES string of the molecule is Cc1ccc2cccc(OCc3c(Cl)ccc(N(C)C(=O)Cc4ccc(Cc5ccc(C#N)cc5)[nH]4)c3Cl)c2n1. The van der Waals surface area contributed by atoms with E-state index in [1.54, 1.807) is 31.3 Å². The van der Waals surface area contributed by atoms with Crippen molar-refractivity contribution < 1.29 is 9.53 Å². The molecule has 0 atom stereocenters. The lowest BCUT2D eigenvalue weighted by molar-refractivity contribution is -0.117. The second kappa shape index (κ2) is 11.8. The Kier molecular flexibility index (Phi) is 8.06. The van der Waals surface area contributed by atoms with Crippen molar-refractivity contribution in [1.29, 1.82) is 5.26 Å². The molecule has 0 aliphatic rings. The van der Waals surface area contributed by atoms with Crippen LogP contribution >= 0.6 is 23.2 Å². The molecule has 0 saturated heterocycles.